The molecule has 1 aliphatic rings. The first-order valence-electron chi connectivity index (χ1n) is 6.53. The van der Waals surface area contributed by atoms with Gasteiger partial charge in [-0.2, -0.15) is 0 Å². The van der Waals surface area contributed by atoms with Gasteiger partial charge >= 0.3 is 0 Å². The number of nitrogens with two attached hydrogens (primary N) is 1. The second-order valence-electron chi connectivity index (χ2n) is 4.99. The molecule has 0 radical (unpaired) electrons. The normalized spacial score (nSPS) is 18.6. The molecule has 20 heavy (non-hydrogen) atoms. The van der Waals surface area contributed by atoms with Gasteiger partial charge in [0, 0.05) is 30.6 Å². The van der Waals surface area contributed by atoms with Crippen LogP contribution in [0.2, 0.25) is 0 Å². The van der Waals surface area contributed by atoms with Crippen molar-refractivity contribution in [2.45, 2.75) is 6.42 Å². The van der Waals surface area contributed by atoms with Gasteiger partial charge in [0.05, 0.1) is 10.4 Å². The lowest BCUT2D eigenvalue weighted by molar-refractivity contribution is -0.384. The van der Waals surface area contributed by atoms with Gasteiger partial charge in [-0.15, -0.1) is 0 Å². The number of aromatic nitrogens is 2. The van der Waals surface area contributed by atoms with Crippen molar-refractivity contribution in [2.24, 2.45) is 11.7 Å². The van der Waals surface area contributed by atoms with E-state index in [9.17, 15) is 10.1 Å². The van der Waals surface area contributed by atoms with Crippen LogP contribution < -0.4 is 10.6 Å². The van der Waals surface area contributed by atoms with Crippen molar-refractivity contribution >= 4 is 22.4 Å². The number of nitro groups is 1. The molecule has 0 spiro atoms. The Labute approximate surface area is 115 Å². The Hall–Kier alpha value is -2.28. The van der Waals surface area contributed by atoms with E-state index in [-0.39, 0.29) is 5.69 Å². The summed E-state index contributed by atoms with van der Waals surface area (Å²) in [5.74, 6) is 1.22. The highest BCUT2D eigenvalue weighted by Crippen LogP contribution is 2.30. The first kappa shape index (κ1) is 12.7. The first-order valence-corrected chi connectivity index (χ1v) is 6.53. The molecule has 104 valence electrons. The average Bonchev–Trinajstić information content (AvgIpc) is 2.94. The molecule has 7 nitrogen and oxygen atoms in total. The largest absolute Gasteiger partial charge is 0.356 e. The lowest BCUT2D eigenvalue weighted by atomic mass is 10.1. The minimum absolute atomic E-state index is 0.0584. The Balaban J connectivity index is 2.06. The summed E-state index contributed by atoms with van der Waals surface area (Å²) in [6, 6.07) is 4.67. The second-order valence-corrected chi connectivity index (χ2v) is 4.99. The number of fused-ring (bicyclic) bond motifs is 1. The van der Waals surface area contributed by atoms with Crippen molar-refractivity contribution in [1.29, 1.82) is 0 Å². The number of anilines is 1. The van der Waals surface area contributed by atoms with E-state index in [1.54, 1.807) is 12.1 Å². The van der Waals surface area contributed by atoms with E-state index >= 15 is 0 Å². The van der Waals surface area contributed by atoms with E-state index in [1.807, 2.05) is 0 Å². The highest BCUT2D eigenvalue weighted by Gasteiger charge is 2.24. The molecule has 3 rings (SSSR count). The zero-order chi connectivity index (χ0) is 14.1. The molecule has 2 aromatic rings. The molecule has 1 aromatic heterocycles. The van der Waals surface area contributed by atoms with Crippen LogP contribution in [0.1, 0.15) is 6.42 Å². The summed E-state index contributed by atoms with van der Waals surface area (Å²) in [4.78, 5) is 21.1. The van der Waals surface area contributed by atoms with Crippen molar-refractivity contribution in [3.8, 4) is 0 Å². The number of nitro benzene ring substituents is 1. The smallest absolute Gasteiger partial charge is 0.270 e. The maximum absolute atomic E-state index is 10.9. The molecule has 2 N–H and O–H groups in total. The maximum Gasteiger partial charge on any atom is 0.270 e. The Morgan fingerprint density at radius 3 is 3.00 bits per heavy atom. The molecule has 0 amide bonds. The predicted octanol–water partition coefficient (Wildman–Crippen LogP) is 1.32. The fraction of sp³-hybridized carbons (Fsp3) is 0.385. The van der Waals surface area contributed by atoms with Crippen LogP contribution >= 0.6 is 0 Å². The second kappa shape index (κ2) is 5.01. The predicted molar refractivity (Wildman–Crippen MR) is 75.6 cm³/mol. The summed E-state index contributed by atoms with van der Waals surface area (Å²) in [7, 11) is 0. The summed E-state index contributed by atoms with van der Waals surface area (Å²) >= 11 is 0. The Morgan fingerprint density at radius 2 is 2.30 bits per heavy atom. The molecular weight excluding hydrogens is 258 g/mol. The lowest BCUT2D eigenvalue weighted by Crippen LogP contribution is -2.23. The summed E-state index contributed by atoms with van der Waals surface area (Å²) in [5.41, 5.74) is 6.48. The highest BCUT2D eigenvalue weighted by molar-refractivity contribution is 5.91. The van der Waals surface area contributed by atoms with Crippen LogP contribution in [0.15, 0.2) is 24.5 Å². The molecule has 2 heterocycles. The molecule has 1 fully saturated rings. The molecule has 1 saturated heterocycles. The van der Waals surface area contributed by atoms with Crippen molar-refractivity contribution in [3.63, 3.8) is 0 Å². The van der Waals surface area contributed by atoms with Crippen molar-refractivity contribution in [1.82, 2.24) is 9.97 Å². The molecular formula is C13H15N5O2. The zero-order valence-corrected chi connectivity index (χ0v) is 10.9. The van der Waals surface area contributed by atoms with Crippen molar-refractivity contribution in [2.75, 3.05) is 24.5 Å². The number of rotatable bonds is 3. The third-order valence-electron chi connectivity index (χ3n) is 3.73. The monoisotopic (exact) mass is 273 g/mol. The van der Waals surface area contributed by atoms with Gasteiger partial charge in [0.25, 0.3) is 5.69 Å². The van der Waals surface area contributed by atoms with Gasteiger partial charge < -0.3 is 10.6 Å². The van der Waals surface area contributed by atoms with E-state index in [0.717, 1.165) is 36.2 Å². The Kier molecular flexibility index (Phi) is 3.19. The molecule has 0 bridgehead atoms. The third kappa shape index (κ3) is 2.16. The molecule has 7 heteroatoms. The van der Waals surface area contributed by atoms with Crippen LogP contribution in [0, 0.1) is 16.0 Å². The minimum atomic E-state index is -0.400. The first-order chi connectivity index (χ1) is 9.69. The number of hydrogen-bond acceptors (Lipinski definition) is 6. The topological polar surface area (TPSA) is 98.2 Å². The van der Waals surface area contributed by atoms with Crippen LogP contribution in [-0.2, 0) is 0 Å². The Morgan fingerprint density at radius 1 is 1.45 bits per heavy atom. The van der Waals surface area contributed by atoms with E-state index < -0.39 is 4.92 Å². The fourth-order valence-corrected chi connectivity index (χ4v) is 2.61. The van der Waals surface area contributed by atoms with Crippen molar-refractivity contribution in [3.05, 3.63) is 34.6 Å². The molecule has 1 unspecified atom stereocenters. The summed E-state index contributed by atoms with van der Waals surface area (Å²) < 4.78 is 0. The van der Waals surface area contributed by atoms with E-state index in [0.29, 0.717) is 12.5 Å². The summed E-state index contributed by atoms with van der Waals surface area (Å²) in [6.45, 7) is 2.36. The van der Waals surface area contributed by atoms with Gasteiger partial charge in [0.15, 0.2) is 0 Å². The van der Waals surface area contributed by atoms with Crippen LogP contribution in [-0.4, -0.2) is 34.5 Å². The Bertz CT molecular complexity index is 660. The fourth-order valence-electron chi connectivity index (χ4n) is 2.61. The van der Waals surface area contributed by atoms with Gasteiger partial charge in [-0.1, -0.05) is 0 Å². The molecule has 0 saturated carbocycles. The maximum atomic E-state index is 10.9. The summed E-state index contributed by atoms with van der Waals surface area (Å²) in [5, 5.41) is 11.6. The highest BCUT2D eigenvalue weighted by atomic mass is 16.6. The van der Waals surface area contributed by atoms with Crippen molar-refractivity contribution < 1.29 is 4.92 Å². The van der Waals surface area contributed by atoms with Crippen LogP contribution in [0.25, 0.3) is 10.9 Å². The number of hydrogen-bond donors (Lipinski definition) is 1. The minimum Gasteiger partial charge on any atom is -0.356 e. The molecule has 0 aliphatic carbocycles. The van der Waals surface area contributed by atoms with Gasteiger partial charge in [-0.05, 0) is 24.9 Å². The number of nitrogens with zero attached hydrogens (tertiary/aromatic N) is 4. The molecule has 1 aromatic carbocycles. The van der Waals surface area contributed by atoms with Crippen LogP contribution in [0.4, 0.5) is 11.5 Å². The van der Waals surface area contributed by atoms with E-state index in [1.165, 1.54) is 12.4 Å². The van der Waals surface area contributed by atoms with Gasteiger partial charge in [-0.3, -0.25) is 10.1 Å². The number of benzene rings is 1. The molecule has 1 atom stereocenters. The van der Waals surface area contributed by atoms with Crippen LogP contribution in [0.3, 0.4) is 0 Å². The quantitative estimate of drug-likeness (QED) is 0.669. The lowest BCUT2D eigenvalue weighted by Gasteiger charge is -2.18. The number of non-ortho nitro benzene ring substituents is 1. The van der Waals surface area contributed by atoms with Gasteiger partial charge in [-0.25, -0.2) is 9.97 Å². The zero-order valence-electron chi connectivity index (χ0n) is 10.9. The van der Waals surface area contributed by atoms with Crippen LogP contribution in [0.5, 0.6) is 0 Å². The van der Waals surface area contributed by atoms with E-state index in [4.69, 9.17) is 5.73 Å². The molecule has 1 aliphatic heterocycles. The van der Waals surface area contributed by atoms with Gasteiger partial charge in [0.2, 0.25) is 0 Å². The standard InChI is InChI=1S/C13H15N5O2/c14-6-9-3-4-17(7-9)13-11-5-10(18(19)20)1-2-12(11)15-8-16-13/h1-2,5,8-9H,3-4,6-7,14H2. The average molecular weight is 273 g/mol. The summed E-state index contributed by atoms with van der Waals surface area (Å²) in [6.07, 6.45) is 2.52. The third-order valence-corrected chi connectivity index (χ3v) is 3.73. The van der Waals surface area contributed by atoms with E-state index in [2.05, 4.69) is 14.9 Å². The van der Waals surface area contributed by atoms with Gasteiger partial charge in [0.1, 0.15) is 12.1 Å². The SMILES string of the molecule is NCC1CCN(c2ncnc3ccc([N+](=O)[O-])cc23)C1.